The van der Waals surface area contributed by atoms with Gasteiger partial charge in [-0.05, 0) is 45.4 Å². The zero-order valence-electron chi connectivity index (χ0n) is 21.9. The van der Waals surface area contributed by atoms with E-state index in [4.69, 9.17) is 14.7 Å². The fraction of sp³-hybridized carbons (Fsp3) is 0.615. The number of anilines is 2. The molecule has 0 unspecified atom stereocenters. The van der Waals surface area contributed by atoms with Gasteiger partial charge in [0.15, 0.2) is 11.7 Å². The van der Waals surface area contributed by atoms with Gasteiger partial charge in [0.2, 0.25) is 5.91 Å². The van der Waals surface area contributed by atoms with Gasteiger partial charge < -0.3 is 19.9 Å². The normalized spacial score (nSPS) is 18.5. The molecule has 4 rings (SSSR count). The minimum absolute atomic E-state index is 0.0172. The molecule has 37 heavy (non-hydrogen) atoms. The van der Waals surface area contributed by atoms with Gasteiger partial charge in [-0.3, -0.25) is 14.4 Å². The molecule has 10 nitrogen and oxygen atoms in total. The molecule has 1 atom stereocenters. The van der Waals surface area contributed by atoms with Gasteiger partial charge in [0.1, 0.15) is 17.7 Å². The van der Waals surface area contributed by atoms with Gasteiger partial charge in [-0.25, -0.2) is 15.0 Å². The molecule has 0 radical (unpaired) electrons. The van der Waals surface area contributed by atoms with Crippen LogP contribution in [0.15, 0.2) is 12.3 Å². The van der Waals surface area contributed by atoms with Gasteiger partial charge >= 0.3 is 5.97 Å². The van der Waals surface area contributed by atoms with Crippen LogP contribution < -0.4 is 5.32 Å². The Kier molecular flexibility index (Phi) is 9.07. The van der Waals surface area contributed by atoms with Crippen molar-refractivity contribution in [2.45, 2.75) is 77.7 Å². The van der Waals surface area contributed by atoms with Crippen molar-refractivity contribution in [1.29, 1.82) is 0 Å². The zero-order valence-corrected chi connectivity index (χ0v) is 22.7. The van der Waals surface area contributed by atoms with Crippen molar-refractivity contribution in [3.8, 4) is 0 Å². The number of hydrogen-bond acceptors (Lipinski definition) is 9. The summed E-state index contributed by atoms with van der Waals surface area (Å²) in [4.78, 5) is 55.9. The minimum Gasteiger partial charge on any atom is -0.456 e. The molecule has 2 amide bonds. The van der Waals surface area contributed by atoms with Crippen LogP contribution in [-0.4, -0.2) is 74.8 Å². The first kappa shape index (κ1) is 27.0. The predicted molar refractivity (Wildman–Crippen MR) is 141 cm³/mol. The van der Waals surface area contributed by atoms with E-state index < -0.39 is 12.0 Å². The highest BCUT2D eigenvalue weighted by Crippen LogP contribution is 2.30. The van der Waals surface area contributed by atoms with Crippen LogP contribution in [0.4, 0.5) is 10.9 Å². The molecule has 0 spiro atoms. The lowest BCUT2D eigenvalue weighted by molar-refractivity contribution is -0.155. The van der Waals surface area contributed by atoms with Crippen molar-refractivity contribution in [2.75, 3.05) is 31.6 Å². The van der Waals surface area contributed by atoms with Crippen molar-refractivity contribution in [3.05, 3.63) is 28.7 Å². The van der Waals surface area contributed by atoms with E-state index in [1.165, 1.54) is 6.92 Å². The number of aryl methyl sites for hydroxylation is 2. The molecule has 1 N–H and O–H groups in total. The van der Waals surface area contributed by atoms with Crippen LogP contribution in [0, 0.1) is 6.92 Å². The Hall–Kier alpha value is -3.08. The average molecular weight is 529 g/mol. The van der Waals surface area contributed by atoms with Crippen molar-refractivity contribution in [3.63, 3.8) is 0 Å². The molecule has 200 valence electrons. The molecule has 2 aliphatic heterocycles. The Bertz CT molecular complexity index is 1110. The molecule has 2 saturated heterocycles. The van der Waals surface area contributed by atoms with Crippen LogP contribution in [0.25, 0.3) is 0 Å². The summed E-state index contributed by atoms with van der Waals surface area (Å²) in [7, 11) is 0. The van der Waals surface area contributed by atoms with E-state index in [9.17, 15) is 14.4 Å². The molecular weight excluding hydrogens is 492 g/mol. The lowest BCUT2D eigenvalue weighted by Gasteiger charge is -2.39. The fourth-order valence-electron chi connectivity index (χ4n) is 4.97. The lowest BCUT2D eigenvalue weighted by atomic mass is 9.94. The number of carbonyl (C=O) groups is 3. The van der Waals surface area contributed by atoms with E-state index in [0.29, 0.717) is 26.1 Å². The number of ether oxygens (including phenoxy) is 1. The number of hydrogen-bond donors (Lipinski definition) is 1. The monoisotopic (exact) mass is 528 g/mol. The van der Waals surface area contributed by atoms with Crippen LogP contribution in [-0.2, 0) is 25.5 Å². The second-order valence-corrected chi connectivity index (χ2v) is 11.0. The summed E-state index contributed by atoms with van der Waals surface area (Å²) < 4.78 is 4.89. The van der Waals surface area contributed by atoms with E-state index in [0.717, 1.165) is 65.9 Å². The molecule has 4 heterocycles. The third-order valence-corrected chi connectivity index (χ3v) is 7.67. The minimum atomic E-state index is -0.499. The van der Waals surface area contributed by atoms with Gasteiger partial charge in [-0.15, -0.1) is 11.3 Å². The quantitative estimate of drug-likeness (QED) is 0.517. The molecule has 2 aromatic rings. The molecule has 0 aliphatic carbocycles. The van der Waals surface area contributed by atoms with Gasteiger partial charge in [0.05, 0.1) is 0 Å². The van der Waals surface area contributed by atoms with Crippen LogP contribution in [0.5, 0.6) is 0 Å². The molecule has 0 saturated carbocycles. The maximum absolute atomic E-state index is 13.4. The number of aromatic nitrogens is 3. The summed E-state index contributed by atoms with van der Waals surface area (Å²) in [5.41, 5.74) is 1.01. The van der Waals surface area contributed by atoms with E-state index in [1.807, 2.05) is 24.1 Å². The van der Waals surface area contributed by atoms with Crippen LogP contribution in [0.3, 0.4) is 0 Å². The fourth-order valence-corrected chi connectivity index (χ4v) is 5.64. The number of carbonyl (C=O) groups excluding carboxylic acids is 3. The predicted octanol–water partition coefficient (Wildman–Crippen LogP) is 3.59. The highest BCUT2D eigenvalue weighted by Gasteiger charge is 2.36. The zero-order chi connectivity index (χ0) is 26.4. The SMILES string of the molecule is CCCc1cc(Nc2ncc(C)s2)nc(C2CCN(C(=O)[C@H]3CCCCN3C(=O)COC(C)=O)CC2)n1. The first-order valence-electron chi connectivity index (χ1n) is 13.1. The number of nitrogens with one attached hydrogen (secondary N) is 1. The van der Waals surface area contributed by atoms with Crippen molar-refractivity contribution in [2.24, 2.45) is 0 Å². The number of esters is 1. The topological polar surface area (TPSA) is 118 Å². The first-order chi connectivity index (χ1) is 17.8. The summed E-state index contributed by atoms with van der Waals surface area (Å²) in [5, 5.41) is 4.14. The van der Waals surface area contributed by atoms with E-state index in [-0.39, 0.29) is 24.3 Å². The van der Waals surface area contributed by atoms with Crippen molar-refractivity contribution in [1.82, 2.24) is 24.8 Å². The van der Waals surface area contributed by atoms with E-state index >= 15 is 0 Å². The smallest absolute Gasteiger partial charge is 0.303 e. The van der Waals surface area contributed by atoms with Crippen molar-refractivity contribution < 1.29 is 19.1 Å². The Morgan fingerprint density at radius 1 is 1.14 bits per heavy atom. The molecule has 0 aromatic carbocycles. The standard InChI is InChI=1S/C26H36N6O4S/c1-4-7-20-14-22(30-26-27-15-17(2)37-26)29-24(28-20)19-9-12-31(13-10-19)25(35)21-8-5-6-11-32(21)23(34)16-36-18(3)33/h14-15,19,21H,4-13,16H2,1-3H3,(H,27,28,29,30)/t21-/m1/s1. The Morgan fingerprint density at radius 2 is 1.92 bits per heavy atom. The maximum atomic E-state index is 13.4. The highest BCUT2D eigenvalue weighted by molar-refractivity contribution is 7.15. The summed E-state index contributed by atoms with van der Waals surface area (Å²) >= 11 is 1.59. The number of likely N-dealkylation sites (tertiary alicyclic amines) is 2. The van der Waals surface area contributed by atoms with Crippen LogP contribution >= 0.6 is 11.3 Å². The summed E-state index contributed by atoms with van der Waals surface area (Å²) in [6.07, 6.45) is 7.63. The largest absolute Gasteiger partial charge is 0.456 e. The number of rotatable bonds is 8. The lowest BCUT2D eigenvalue weighted by Crippen LogP contribution is -2.55. The van der Waals surface area contributed by atoms with Crippen LogP contribution in [0.2, 0.25) is 0 Å². The first-order valence-corrected chi connectivity index (χ1v) is 13.9. The van der Waals surface area contributed by atoms with Crippen molar-refractivity contribution >= 4 is 40.1 Å². The second-order valence-electron chi connectivity index (χ2n) is 9.73. The highest BCUT2D eigenvalue weighted by atomic mass is 32.1. The van der Waals surface area contributed by atoms with Gasteiger partial charge in [-0.1, -0.05) is 13.3 Å². The van der Waals surface area contributed by atoms with Crippen LogP contribution in [0.1, 0.15) is 74.7 Å². The van der Waals surface area contributed by atoms with E-state index in [2.05, 4.69) is 17.2 Å². The molecular formula is C26H36N6O4S. The average Bonchev–Trinajstić information content (AvgIpc) is 3.31. The Balaban J connectivity index is 1.41. The number of piperidine rings is 2. The molecule has 0 bridgehead atoms. The second kappa shape index (κ2) is 12.4. The summed E-state index contributed by atoms with van der Waals surface area (Å²) in [6, 6.07) is 1.50. The Morgan fingerprint density at radius 3 is 2.59 bits per heavy atom. The maximum Gasteiger partial charge on any atom is 0.303 e. The van der Waals surface area contributed by atoms with Gasteiger partial charge in [0.25, 0.3) is 5.91 Å². The molecule has 2 aliphatic rings. The summed E-state index contributed by atoms with van der Waals surface area (Å²) in [6.45, 7) is 6.83. The molecule has 2 fully saturated rings. The van der Waals surface area contributed by atoms with E-state index in [1.54, 1.807) is 16.2 Å². The molecule has 11 heteroatoms. The molecule has 2 aromatic heterocycles. The third-order valence-electron chi connectivity index (χ3n) is 6.84. The third kappa shape index (κ3) is 7.03. The summed E-state index contributed by atoms with van der Waals surface area (Å²) in [5.74, 6) is 0.902. The number of amides is 2. The number of thiazole rings is 1. The Labute approximate surface area is 221 Å². The number of nitrogens with zero attached hydrogens (tertiary/aromatic N) is 5. The van der Waals surface area contributed by atoms with Gasteiger partial charge in [0, 0.05) is 55.3 Å². The van der Waals surface area contributed by atoms with Gasteiger partial charge in [-0.2, -0.15) is 0 Å².